The third-order valence-corrected chi connectivity index (χ3v) is 3.21. The van der Waals surface area contributed by atoms with Crippen molar-refractivity contribution in [3.8, 4) is 5.75 Å². The fourth-order valence-corrected chi connectivity index (χ4v) is 2.06. The van der Waals surface area contributed by atoms with Crippen molar-refractivity contribution in [2.45, 2.75) is 0 Å². The quantitative estimate of drug-likeness (QED) is 0.798. The second kappa shape index (κ2) is 5.48. The van der Waals surface area contributed by atoms with Gasteiger partial charge in [0.2, 0.25) is 0 Å². The van der Waals surface area contributed by atoms with E-state index in [2.05, 4.69) is 15.9 Å². The Morgan fingerprint density at radius 3 is 2.53 bits per heavy atom. The fourth-order valence-electron chi connectivity index (χ4n) is 1.68. The predicted octanol–water partition coefficient (Wildman–Crippen LogP) is 3.97. The Hall–Kier alpha value is -1.75. The van der Waals surface area contributed by atoms with Crippen LogP contribution in [0.3, 0.4) is 0 Å². The Labute approximate surface area is 117 Å². The first kappa shape index (κ1) is 13.7. The first-order valence-electron chi connectivity index (χ1n) is 5.37. The molecule has 5 heteroatoms. The van der Waals surface area contributed by atoms with Gasteiger partial charge < -0.3 is 4.74 Å². The molecule has 98 valence electrons. The van der Waals surface area contributed by atoms with E-state index in [1.807, 2.05) is 0 Å². The van der Waals surface area contributed by atoms with Crippen LogP contribution in [0.5, 0.6) is 5.75 Å². The lowest BCUT2D eigenvalue weighted by Crippen LogP contribution is -2.07. The Balaban J connectivity index is 2.52. The zero-order chi connectivity index (χ0) is 14.0. The molecule has 0 aliphatic heterocycles. The van der Waals surface area contributed by atoms with Crippen molar-refractivity contribution in [2.75, 3.05) is 7.11 Å². The van der Waals surface area contributed by atoms with Crippen LogP contribution >= 0.6 is 15.9 Å². The standard InChI is InChI=1S/C14H9BrF2O2/c1-19-12-4-2-3-11(17)13(12)14(18)8-5-6-10(16)9(15)7-8/h2-7H,1H3. The van der Waals surface area contributed by atoms with Gasteiger partial charge in [-0.05, 0) is 46.3 Å². The van der Waals surface area contributed by atoms with Gasteiger partial charge in [0, 0.05) is 5.56 Å². The van der Waals surface area contributed by atoms with Crippen LogP contribution in [0.15, 0.2) is 40.9 Å². The molecule has 0 aromatic heterocycles. The third kappa shape index (κ3) is 2.66. The summed E-state index contributed by atoms with van der Waals surface area (Å²) in [5, 5.41) is 0. The van der Waals surface area contributed by atoms with Crippen molar-refractivity contribution in [3.63, 3.8) is 0 Å². The average molecular weight is 327 g/mol. The van der Waals surface area contributed by atoms with E-state index in [1.165, 1.54) is 37.4 Å². The summed E-state index contributed by atoms with van der Waals surface area (Å²) in [7, 11) is 1.35. The predicted molar refractivity (Wildman–Crippen MR) is 70.5 cm³/mol. The van der Waals surface area contributed by atoms with E-state index in [1.54, 1.807) is 0 Å². The molecule has 0 atom stereocenters. The van der Waals surface area contributed by atoms with Gasteiger partial charge >= 0.3 is 0 Å². The summed E-state index contributed by atoms with van der Waals surface area (Å²) in [6, 6.07) is 7.87. The summed E-state index contributed by atoms with van der Waals surface area (Å²) in [6.45, 7) is 0. The lowest BCUT2D eigenvalue weighted by atomic mass is 10.0. The molecular formula is C14H9BrF2O2. The van der Waals surface area contributed by atoms with Crippen molar-refractivity contribution in [1.82, 2.24) is 0 Å². The highest BCUT2D eigenvalue weighted by atomic mass is 79.9. The van der Waals surface area contributed by atoms with E-state index in [4.69, 9.17) is 4.74 Å². The maximum absolute atomic E-state index is 13.8. The second-order valence-electron chi connectivity index (χ2n) is 3.78. The fraction of sp³-hybridized carbons (Fsp3) is 0.0714. The molecule has 0 bridgehead atoms. The van der Waals surface area contributed by atoms with E-state index >= 15 is 0 Å². The van der Waals surface area contributed by atoms with Gasteiger partial charge in [-0.1, -0.05) is 6.07 Å². The monoisotopic (exact) mass is 326 g/mol. The molecule has 0 amide bonds. The van der Waals surface area contributed by atoms with Crippen LogP contribution in [0, 0.1) is 11.6 Å². The molecule has 0 aliphatic carbocycles. The normalized spacial score (nSPS) is 10.3. The van der Waals surface area contributed by atoms with Gasteiger partial charge in [-0.15, -0.1) is 0 Å². The molecule has 0 fully saturated rings. The maximum atomic E-state index is 13.8. The maximum Gasteiger partial charge on any atom is 0.199 e. The van der Waals surface area contributed by atoms with Crippen LogP contribution in [0.2, 0.25) is 0 Å². The minimum absolute atomic E-state index is 0.144. The zero-order valence-corrected chi connectivity index (χ0v) is 11.5. The number of ether oxygens (including phenoxy) is 1. The molecule has 0 unspecified atom stereocenters. The first-order valence-corrected chi connectivity index (χ1v) is 6.16. The molecule has 0 N–H and O–H groups in total. The van der Waals surface area contributed by atoms with E-state index in [9.17, 15) is 13.6 Å². The average Bonchev–Trinajstić information content (AvgIpc) is 2.40. The number of carbonyl (C=O) groups is 1. The van der Waals surface area contributed by atoms with Crippen LogP contribution in [-0.4, -0.2) is 12.9 Å². The van der Waals surface area contributed by atoms with Crippen molar-refractivity contribution in [2.24, 2.45) is 0 Å². The second-order valence-corrected chi connectivity index (χ2v) is 4.63. The molecular weight excluding hydrogens is 318 g/mol. The van der Waals surface area contributed by atoms with Crippen molar-refractivity contribution in [1.29, 1.82) is 0 Å². The van der Waals surface area contributed by atoms with Crippen LogP contribution < -0.4 is 4.74 Å². The number of ketones is 1. The number of hydrogen-bond acceptors (Lipinski definition) is 2. The number of rotatable bonds is 3. The summed E-state index contributed by atoms with van der Waals surface area (Å²) in [5.41, 5.74) is 0.0141. The van der Waals surface area contributed by atoms with E-state index in [0.29, 0.717) is 0 Å². The summed E-state index contributed by atoms with van der Waals surface area (Å²) in [5.74, 6) is -1.58. The molecule has 2 rings (SSSR count). The lowest BCUT2D eigenvalue weighted by molar-refractivity contribution is 0.103. The van der Waals surface area contributed by atoms with Gasteiger partial charge in [0.15, 0.2) is 5.78 Å². The van der Waals surface area contributed by atoms with Crippen molar-refractivity contribution < 1.29 is 18.3 Å². The largest absolute Gasteiger partial charge is 0.496 e. The number of methoxy groups -OCH3 is 1. The summed E-state index contributed by atoms with van der Waals surface area (Å²) >= 11 is 2.99. The molecule has 0 heterocycles. The van der Waals surface area contributed by atoms with Gasteiger partial charge in [-0.2, -0.15) is 0 Å². The smallest absolute Gasteiger partial charge is 0.199 e. The van der Waals surface area contributed by atoms with Crippen molar-refractivity contribution in [3.05, 3.63) is 63.6 Å². The highest BCUT2D eigenvalue weighted by molar-refractivity contribution is 9.10. The molecule has 0 aliphatic rings. The minimum Gasteiger partial charge on any atom is -0.496 e. The highest BCUT2D eigenvalue weighted by Gasteiger charge is 2.19. The topological polar surface area (TPSA) is 26.3 Å². The Bertz CT molecular complexity index is 641. The summed E-state index contributed by atoms with van der Waals surface area (Å²) in [6.07, 6.45) is 0. The molecule has 0 saturated carbocycles. The van der Waals surface area contributed by atoms with Gasteiger partial charge in [-0.3, -0.25) is 4.79 Å². The molecule has 2 aromatic rings. The van der Waals surface area contributed by atoms with Gasteiger partial charge in [0.1, 0.15) is 22.9 Å². The lowest BCUT2D eigenvalue weighted by Gasteiger charge is -2.09. The number of halogens is 3. The number of benzene rings is 2. The Kier molecular flexibility index (Phi) is 3.95. The summed E-state index contributed by atoms with van der Waals surface area (Å²) < 4.78 is 32.0. The Morgan fingerprint density at radius 1 is 1.16 bits per heavy atom. The molecule has 0 radical (unpaired) electrons. The van der Waals surface area contributed by atoms with E-state index in [0.717, 1.165) is 6.07 Å². The molecule has 19 heavy (non-hydrogen) atoms. The van der Waals surface area contributed by atoms with Gasteiger partial charge in [0.25, 0.3) is 0 Å². The summed E-state index contributed by atoms with van der Waals surface area (Å²) in [4.78, 5) is 12.2. The first-order chi connectivity index (χ1) is 9.04. The zero-order valence-electron chi connectivity index (χ0n) is 9.91. The van der Waals surface area contributed by atoms with Crippen LogP contribution in [0.1, 0.15) is 15.9 Å². The van der Waals surface area contributed by atoms with E-state index < -0.39 is 17.4 Å². The SMILES string of the molecule is COc1cccc(F)c1C(=O)c1ccc(F)c(Br)c1. The Morgan fingerprint density at radius 2 is 1.89 bits per heavy atom. The van der Waals surface area contributed by atoms with Crippen LogP contribution in [-0.2, 0) is 0 Å². The van der Waals surface area contributed by atoms with Crippen LogP contribution in [0.25, 0.3) is 0 Å². The minimum atomic E-state index is -0.676. The third-order valence-electron chi connectivity index (χ3n) is 2.60. The molecule has 2 aromatic carbocycles. The van der Waals surface area contributed by atoms with Crippen LogP contribution in [0.4, 0.5) is 8.78 Å². The molecule has 2 nitrogen and oxygen atoms in total. The van der Waals surface area contributed by atoms with Gasteiger partial charge in [-0.25, -0.2) is 8.78 Å². The molecule has 0 saturated heterocycles. The van der Waals surface area contributed by atoms with E-state index in [-0.39, 0.29) is 21.3 Å². The number of carbonyl (C=O) groups excluding carboxylic acids is 1. The number of hydrogen-bond donors (Lipinski definition) is 0. The van der Waals surface area contributed by atoms with Gasteiger partial charge in [0.05, 0.1) is 11.6 Å². The van der Waals surface area contributed by atoms with Crippen molar-refractivity contribution >= 4 is 21.7 Å². The highest BCUT2D eigenvalue weighted by Crippen LogP contribution is 2.26. The molecule has 0 spiro atoms.